The Bertz CT molecular complexity index is 523. The first-order valence-corrected chi connectivity index (χ1v) is 6.43. The van der Waals surface area contributed by atoms with Crippen LogP contribution in [-0.2, 0) is 6.54 Å². The topological polar surface area (TPSA) is 75.5 Å². The first kappa shape index (κ1) is 12.4. The molecule has 19 heavy (non-hydrogen) atoms. The summed E-state index contributed by atoms with van der Waals surface area (Å²) in [7, 11) is 0. The number of hydrogen-bond donors (Lipinski definition) is 1. The van der Waals surface area contributed by atoms with Gasteiger partial charge in [-0.3, -0.25) is 4.90 Å². The van der Waals surface area contributed by atoms with Gasteiger partial charge in [-0.1, -0.05) is 0 Å². The largest absolute Gasteiger partial charge is 0.459 e. The Hall–Kier alpha value is -1.66. The predicted octanol–water partition coefficient (Wildman–Crippen LogP) is 1.68. The first-order valence-electron chi connectivity index (χ1n) is 6.43. The summed E-state index contributed by atoms with van der Waals surface area (Å²) in [6, 6.07) is 3.57. The Morgan fingerprint density at radius 1 is 1.37 bits per heavy atom. The van der Waals surface area contributed by atoms with Crippen LogP contribution in [0, 0.1) is 0 Å². The molecule has 3 rings (SSSR count). The van der Waals surface area contributed by atoms with E-state index in [-0.39, 0.29) is 0 Å². The predicted molar refractivity (Wildman–Crippen MR) is 67.1 cm³/mol. The molecule has 0 unspecified atom stereocenters. The van der Waals surface area contributed by atoms with Gasteiger partial charge in [-0.05, 0) is 31.9 Å². The van der Waals surface area contributed by atoms with Crippen LogP contribution in [0.4, 0.5) is 0 Å². The molecule has 102 valence electrons. The molecule has 1 saturated heterocycles. The number of hydrogen-bond acceptors (Lipinski definition) is 6. The van der Waals surface area contributed by atoms with E-state index < -0.39 is 5.60 Å². The number of likely N-dealkylation sites (tertiary alicyclic amines) is 1. The van der Waals surface area contributed by atoms with Gasteiger partial charge in [0.1, 0.15) is 0 Å². The maximum atomic E-state index is 9.90. The molecule has 6 heteroatoms. The van der Waals surface area contributed by atoms with Crippen molar-refractivity contribution in [2.75, 3.05) is 13.1 Å². The zero-order chi connectivity index (χ0) is 13.3. The van der Waals surface area contributed by atoms with Crippen LogP contribution in [0.15, 0.2) is 27.2 Å². The SMILES string of the molecule is CC1(O)CCN(Cc2nnc(-c3ccco3)o2)CC1. The van der Waals surface area contributed by atoms with Crippen molar-refractivity contribution >= 4 is 0 Å². The monoisotopic (exact) mass is 263 g/mol. The summed E-state index contributed by atoms with van der Waals surface area (Å²) in [6.07, 6.45) is 3.12. The van der Waals surface area contributed by atoms with E-state index in [9.17, 15) is 5.11 Å². The van der Waals surface area contributed by atoms with Crippen molar-refractivity contribution in [1.82, 2.24) is 15.1 Å². The summed E-state index contributed by atoms with van der Waals surface area (Å²) >= 11 is 0. The lowest BCUT2D eigenvalue weighted by Gasteiger charge is -2.34. The highest BCUT2D eigenvalue weighted by Gasteiger charge is 2.28. The van der Waals surface area contributed by atoms with Crippen molar-refractivity contribution in [3.05, 3.63) is 24.3 Å². The van der Waals surface area contributed by atoms with Crippen LogP contribution in [0.25, 0.3) is 11.7 Å². The maximum absolute atomic E-state index is 9.90. The third kappa shape index (κ3) is 2.85. The number of piperidine rings is 1. The third-order valence-electron chi connectivity index (χ3n) is 3.49. The van der Waals surface area contributed by atoms with Crippen LogP contribution >= 0.6 is 0 Å². The van der Waals surface area contributed by atoms with Crippen LogP contribution in [0.3, 0.4) is 0 Å². The highest BCUT2D eigenvalue weighted by Crippen LogP contribution is 2.23. The van der Waals surface area contributed by atoms with Gasteiger partial charge in [0, 0.05) is 13.1 Å². The van der Waals surface area contributed by atoms with Crippen molar-refractivity contribution in [2.24, 2.45) is 0 Å². The van der Waals surface area contributed by atoms with Gasteiger partial charge in [-0.25, -0.2) is 0 Å². The minimum absolute atomic E-state index is 0.406. The molecule has 0 spiro atoms. The standard InChI is InChI=1S/C13H17N3O3/c1-13(17)4-6-16(7-5-13)9-11-14-15-12(19-11)10-3-2-8-18-10/h2-3,8,17H,4-7,9H2,1H3. The maximum Gasteiger partial charge on any atom is 0.283 e. The highest BCUT2D eigenvalue weighted by atomic mass is 16.4. The quantitative estimate of drug-likeness (QED) is 0.908. The number of aliphatic hydroxyl groups is 1. The lowest BCUT2D eigenvalue weighted by molar-refractivity contribution is -0.00906. The molecule has 3 heterocycles. The fourth-order valence-corrected chi connectivity index (χ4v) is 2.20. The summed E-state index contributed by atoms with van der Waals surface area (Å²) in [4.78, 5) is 2.21. The van der Waals surface area contributed by atoms with E-state index in [0.29, 0.717) is 24.1 Å². The molecule has 1 aliphatic rings. The second-order valence-electron chi connectivity index (χ2n) is 5.25. The van der Waals surface area contributed by atoms with Crippen molar-refractivity contribution < 1.29 is 13.9 Å². The van der Waals surface area contributed by atoms with Crippen LogP contribution in [0.1, 0.15) is 25.7 Å². The highest BCUT2D eigenvalue weighted by molar-refractivity contribution is 5.42. The van der Waals surface area contributed by atoms with Gasteiger partial charge in [-0.2, -0.15) is 0 Å². The van der Waals surface area contributed by atoms with E-state index in [4.69, 9.17) is 8.83 Å². The van der Waals surface area contributed by atoms with E-state index in [1.165, 1.54) is 0 Å². The normalized spacial score (nSPS) is 19.7. The summed E-state index contributed by atoms with van der Waals surface area (Å²) in [5.41, 5.74) is -0.537. The Kier molecular flexibility index (Phi) is 3.12. The smallest absolute Gasteiger partial charge is 0.283 e. The Balaban J connectivity index is 1.62. The van der Waals surface area contributed by atoms with E-state index in [0.717, 1.165) is 25.9 Å². The number of nitrogens with zero attached hydrogens (tertiary/aromatic N) is 3. The van der Waals surface area contributed by atoms with Crippen molar-refractivity contribution in [3.8, 4) is 11.7 Å². The van der Waals surface area contributed by atoms with Gasteiger partial charge in [-0.15, -0.1) is 10.2 Å². The summed E-state index contributed by atoms with van der Waals surface area (Å²) < 4.78 is 10.8. The van der Waals surface area contributed by atoms with Crippen LogP contribution in [0.5, 0.6) is 0 Å². The molecule has 1 aliphatic heterocycles. The number of aromatic nitrogens is 2. The Morgan fingerprint density at radius 2 is 2.16 bits per heavy atom. The van der Waals surface area contributed by atoms with Crippen molar-refractivity contribution in [3.63, 3.8) is 0 Å². The Morgan fingerprint density at radius 3 is 2.84 bits per heavy atom. The van der Waals surface area contributed by atoms with Gasteiger partial charge in [0.05, 0.1) is 18.4 Å². The van der Waals surface area contributed by atoms with Crippen LogP contribution in [-0.4, -0.2) is 38.9 Å². The Labute approximate surface area is 111 Å². The molecule has 0 amide bonds. The van der Waals surface area contributed by atoms with Gasteiger partial charge in [0.25, 0.3) is 5.89 Å². The van der Waals surface area contributed by atoms with Gasteiger partial charge in [0.2, 0.25) is 5.89 Å². The second kappa shape index (κ2) is 4.79. The molecular formula is C13H17N3O3. The van der Waals surface area contributed by atoms with E-state index >= 15 is 0 Å². The minimum atomic E-state index is -0.537. The van der Waals surface area contributed by atoms with Crippen LogP contribution in [0.2, 0.25) is 0 Å². The molecule has 2 aromatic heterocycles. The molecule has 0 radical (unpaired) electrons. The fourth-order valence-electron chi connectivity index (χ4n) is 2.20. The lowest BCUT2D eigenvalue weighted by Crippen LogP contribution is -2.42. The first-order chi connectivity index (χ1) is 9.12. The summed E-state index contributed by atoms with van der Waals surface area (Å²) in [5.74, 6) is 1.57. The molecule has 0 aliphatic carbocycles. The molecule has 1 N–H and O–H groups in total. The van der Waals surface area contributed by atoms with Gasteiger partial charge < -0.3 is 13.9 Å². The number of furan rings is 1. The molecule has 2 aromatic rings. The molecule has 0 aromatic carbocycles. The molecule has 6 nitrogen and oxygen atoms in total. The summed E-state index contributed by atoms with van der Waals surface area (Å²) in [5, 5.41) is 17.9. The third-order valence-corrected chi connectivity index (χ3v) is 3.49. The fraction of sp³-hybridized carbons (Fsp3) is 0.538. The van der Waals surface area contributed by atoms with Gasteiger partial charge in [0.15, 0.2) is 5.76 Å². The zero-order valence-corrected chi connectivity index (χ0v) is 10.9. The van der Waals surface area contributed by atoms with E-state index in [1.807, 2.05) is 6.92 Å². The van der Waals surface area contributed by atoms with E-state index in [1.54, 1.807) is 18.4 Å². The average molecular weight is 263 g/mol. The van der Waals surface area contributed by atoms with Crippen molar-refractivity contribution in [2.45, 2.75) is 31.9 Å². The lowest BCUT2D eigenvalue weighted by atomic mass is 9.94. The molecule has 1 fully saturated rings. The van der Waals surface area contributed by atoms with Crippen LogP contribution < -0.4 is 0 Å². The second-order valence-corrected chi connectivity index (χ2v) is 5.25. The van der Waals surface area contributed by atoms with Gasteiger partial charge >= 0.3 is 0 Å². The molecule has 0 saturated carbocycles. The minimum Gasteiger partial charge on any atom is -0.459 e. The summed E-state index contributed by atoms with van der Waals surface area (Å²) in [6.45, 7) is 4.17. The zero-order valence-electron chi connectivity index (χ0n) is 10.9. The van der Waals surface area contributed by atoms with Crippen molar-refractivity contribution in [1.29, 1.82) is 0 Å². The van der Waals surface area contributed by atoms with E-state index in [2.05, 4.69) is 15.1 Å². The number of rotatable bonds is 3. The molecule has 0 bridgehead atoms. The average Bonchev–Trinajstić information content (AvgIpc) is 3.02. The molecular weight excluding hydrogens is 246 g/mol. The molecule has 0 atom stereocenters.